The summed E-state index contributed by atoms with van der Waals surface area (Å²) in [6.45, 7) is 0. The molecule has 0 spiro atoms. The zero-order valence-corrected chi connectivity index (χ0v) is 13.6. The highest BCUT2D eigenvalue weighted by atomic mass is 35.5. The molecule has 2 aromatic heterocycles. The third-order valence-corrected chi connectivity index (χ3v) is 5.48. The lowest BCUT2D eigenvalue weighted by Crippen LogP contribution is -1.79. The second-order valence-corrected chi connectivity index (χ2v) is 6.94. The van der Waals surface area contributed by atoms with Gasteiger partial charge in [0, 0.05) is 22.2 Å². The lowest BCUT2D eigenvalue weighted by Gasteiger charge is -1.99. The second-order valence-electron chi connectivity index (χ2n) is 5.52. The summed E-state index contributed by atoms with van der Waals surface area (Å²) in [4.78, 5) is 5.81. The number of fused-ring (bicyclic) bond motifs is 5. The molecule has 0 atom stereocenters. The van der Waals surface area contributed by atoms with Crippen LogP contribution >= 0.6 is 22.9 Å². The van der Waals surface area contributed by atoms with E-state index in [9.17, 15) is 0 Å². The van der Waals surface area contributed by atoms with Gasteiger partial charge in [-0.15, -0.1) is 0 Å². The summed E-state index contributed by atoms with van der Waals surface area (Å²) in [6, 6.07) is 20.6. The Hall–Kier alpha value is -2.36. The molecule has 2 nitrogen and oxygen atoms in total. The summed E-state index contributed by atoms with van der Waals surface area (Å²) in [5, 5.41) is 3.29. The lowest BCUT2D eigenvalue weighted by molar-refractivity contribution is 1.30. The third-order valence-electron chi connectivity index (χ3n) is 4.13. The van der Waals surface area contributed by atoms with Crippen molar-refractivity contribution in [2.24, 2.45) is 0 Å². The first kappa shape index (κ1) is 13.1. The van der Waals surface area contributed by atoms with Crippen molar-refractivity contribution in [2.75, 3.05) is 0 Å². The van der Waals surface area contributed by atoms with Crippen LogP contribution in [0.25, 0.3) is 37.2 Å². The fourth-order valence-electron chi connectivity index (χ4n) is 2.99. The monoisotopic (exact) mass is 334 g/mol. The molecule has 5 rings (SSSR count). The maximum Gasteiger partial charge on any atom is 0.195 e. The Morgan fingerprint density at radius 2 is 1.74 bits per heavy atom. The number of rotatable bonds is 1. The maximum atomic E-state index is 5.97. The SMILES string of the molecule is Clc1ccc(-c2cn3c(n2)sc2c4ccccc4ccc23)cc1. The first-order chi connectivity index (χ1) is 11.3. The molecule has 3 aromatic carbocycles. The van der Waals surface area contributed by atoms with Crippen LogP contribution in [0.1, 0.15) is 0 Å². The molecule has 0 amide bonds. The molecule has 0 radical (unpaired) electrons. The summed E-state index contributed by atoms with van der Waals surface area (Å²) in [6.07, 6.45) is 2.10. The highest BCUT2D eigenvalue weighted by Gasteiger charge is 2.12. The molecule has 0 saturated heterocycles. The first-order valence-corrected chi connectivity index (χ1v) is 8.54. The molecule has 4 heteroatoms. The Kier molecular flexibility index (Phi) is 2.75. The standard InChI is InChI=1S/C19H11ClN2S/c20-14-8-5-13(6-9-14)16-11-22-17-10-7-12-3-1-2-4-15(12)18(17)23-19(22)21-16/h1-11H. The van der Waals surface area contributed by atoms with Gasteiger partial charge in [-0.2, -0.15) is 0 Å². The Morgan fingerprint density at radius 3 is 2.61 bits per heavy atom. The van der Waals surface area contributed by atoms with Crippen LogP contribution in [0.2, 0.25) is 5.02 Å². The largest absolute Gasteiger partial charge is 0.290 e. The molecule has 0 fully saturated rings. The van der Waals surface area contributed by atoms with Gasteiger partial charge in [-0.1, -0.05) is 65.4 Å². The topological polar surface area (TPSA) is 17.3 Å². The van der Waals surface area contributed by atoms with Gasteiger partial charge in [-0.05, 0) is 23.6 Å². The average Bonchev–Trinajstić information content (AvgIpc) is 3.13. The second kappa shape index (κ2) is 4.82. The van der Waals surface area contributed by atoms with Crippen molar-refractivity contribution >= 4 is 48.9 Å². The zero-order chi connectivity index (χ0) is 15.4. The van der Waals surface area contributed by atoms with Crippen molar-refractivity contribution < 1.29 is 0 Å². The van der Waals surface area contributed by atoms with E-state index in [-0.39, 0.29) is 0 Å². The van der Waals surface area contributed by atoms with E-state index in [2.05, 4.69) is 47.0 Å². The molecule has 0 aliphatic rings. The van der Waals surface area contributed by atoms with Gasteiger partial charge in [0.05, 0.1) is 15.9 Å². The van der Waals surface area contributed by atoms with Gasteiger partial charge >= 0.3 is 0 Å². The molecule has 110 valence electrons. The predicted octanol–water partition coefficient (Wildman–Crippen LogP) is 6.02. The molecule has 0 bridgehead atoms. The van der Waals surface area contributed by atoms with E-state index in [0.717, 1.165) is 21.2 Å². The van der Waals surface area contributed by atoms with E-state index in [1.807, 2.05) is 24.3 Å². The fraction of sp³-hybridized carbons (Fsp3) is 0. The Labute approximate surface area is 141 Å². The van der Waals surface area contributed by atoms with Gasteiger partial charge in [0.25, 0.3) is 0 Å². The molecule has 0 saturated carbocycles. The molecule has 0 N–H and O–H groups in total. The minimum atomic E-state index is 0.742. The predicted molar refractivity (Wildman–Crippen MR) is 98.5 cm³/mol. The van der Waals surface area contributed by atoms with E-state index >= 15 is 0 Å². The fourth-order valence-corrected chi connectivity index (χ4v) is 4.26. The van der Waals surface area contributed by atoms with Crippen LogP contribution in [0.5, 0.6) is 0 Å². The van der Waals surface area contributed by atoms with Gasteiger partial charge in [0.15, 0.2) is 4.96 Å². The van der Waals surface area contributed by atoms with Gasteiger partial charge in [0.1, 0.15) is 0 Å². The van der Waals surface area contributed by atoms with E-state index in [0.29, 0.717) is 0 Å². The molecule has 0 aliphatic carbocycles. The minimum absolute atomic E-state index is 0.742. The molecule has 2 heterocycles. The van der Waals surface area contributed by atoms with E-state index in [1.54, 1.807) is 11.3 Å². The number of thiazole rings is 1. The van der Waals surface area contributed by atoms with Crippen molar-refractivity contribution in [2.45, 2.75) is 0 Å². The minimum Gasteiger partial charge on any atom is -0.290 e. The van der Waals surface area contributed by atoms with Crippen LogP contribution < -0.4 is 0 Å². The summed E-state index contributed by atoms with van der Waals surface area (Å²) >= 11 is 7.70. The normalized spacial score (nSPS) is 11.7. The van der Waals surface area contributed by atoms with E-state index in [1.165, 1.54) is 21.0 Å². The van der Waals surface area contributed by atoms with Gasteiger partial charge in [0.2, 0.25) is 0 Å². The highest BCUT2D eigenvalue weighted by Crippen LogP contribution is 2.34. The van der Waals surface area contributed by atoms with Crippen LogP contribution in [-0.2, 0) is 0 Å². The number of benzene rings is 3. The van der Waals surface area contributed by atoms with Crippen molar-refractivity contribution in [3.05, 3.63) is 71.9 Å². The Morgan fingerprint density at radius 1 is 0.913 bits per heavy atom. The molecular formula is C19H11ClN2S. The number of imidazole rings is 1. The maximum absolute atomic E-state index is 5.97. The van der Waals surface area contributed by atoms with Crippen molar-refractivity contribution in [1.82, 2.24) is 9.38 Å². The molecular weight excluding hydrogens is 324 g/mol. The summed E-state index contributed by atoms with van der Waals surface area (Å²) in [5.74, 6) is 0. The highest BCUT2D eigenvalue weighted by molar-refractivity contribution is 7.24. The lowest BCUT2D eigenvalue weighted by atomic mass is 10.1. The van der Waals surface area contributed by atoms with Crippen LogP contribution in [-0.4, -0.2) is 9.38 Å². The molecule has 0 unspecified atom stereocenters. The van der Waals surface area contributed by atoms with Crippen molar-refractivity contribution in [3.8, 4) is 11.3 Å². The van der Waals surface area contributed by atoms with Gasteiger partial charge in [-0.25, -0.2) is 4.98 Å². The van der Waals surface area contributed by atoms with Crippen LogP contribution in [0.3, 0.4) is 0 Å². The van der Waals surface area contributed by atoms with E-state index < -0.39 is 0 Å². The number of nitrogens with zero attached hydrogens (tertiary/aromatic N) is 2. The van der Waals surface area contributed by atoms with Crippen molar-refractivity contribution in [3.63, 3.8) is 0 Å². The smallest absolute Gasteiger partial charge is 0.195 e. The summed E-state index contributed by atoms with van der Waals surface area (Å²) in [7, 11) is 0. The van der Waals surface area contributed by atoms with Crippen LogP contribution in [0, 0.1) is 0 Å². The Bertz CT molecular complexity index is 1170. The first-order valence-electron chi connectivity index (χ1n) is 7.35. The molecule has 23 heavy (non-hydrogen) atoms. The molecule has 5 aromatic rings. The average molecular weight is 335 g/mol. The molecule has 0 aliphatic heterocycles. The van der Waals surface area contributed by atoms with Gasteiger partial charge < -0.3 is 0 Å². The van der Waals surface area contributed by atoms with Crippen molar-refractivity contribution in [1.29, 1.82) is 0 Å². The van der Waals surface area contributed by atoms with Crippen LogP contribution in [0.4, 0.5) is 0 Å². The van der Waals surface area contributed by atoms with E-state index in [4.69, 9.17) is 16.6 Å². The zero-order valence-electron chi connectivity index (χ0n) is 12.0. The Balaban J connectivity index is 1.78. The number of hydrogen-bond acceptors (Lipinski definition) is 2. The number of halogens is 1. The number of hydrogen-bond donors (Lipinski definition) is 0. The summed E-state index contributed by atoms with van der Waals surface area (Å²) in [5.41, 5.74) is 3.26. The van der Waals surface area contributed by atoms with Gasteiger partial charge in [-0.3, -0.25) is 4.40 Å². The third kappa shape index (κ3) is 1.97. The summed E-state index contributed by atoms with van der Waals surface area (Å²) < 4.78 is 3.46. The van der Waals surface area contributed by atoms with Crippen LogP contribution in [0.15, 0.2) is 66.9 Å². The quantitative estimate of drug-likeness (QED) is 0.366. The number of aromatic nitrogens is 2.